The van der Waals surface area contributed by atoms with Crippen molar-refractivity contribution in [2.24, 2.45) is 17.3 Å². The molecule has 0 radical (unpaired) electrons. The van der Waals surface area contributed by atoms with Crippen LogP contribution in [0.3, 0.4) is 0 Å². The van der Waals surface area contributed by atoms with Crippen LogP contribution in [0.2, 0.25) is 0 Å². The third-order valence-electron chi connectivity index (χ3n) is 7.79. The van der Waals surface area contributed by atoms with Gasteiger partial charge in [0, 0.05) is 37.0 Å². The van der Waals surface area contributed by atoms with Crippen LogP contribution >= 0.6 is 11.8 Å². The van der Waals surface area contributed by atoms with E-state index in [0.29, 0.717) is 13.1 Å². The number of fused-ring (bicyclic) bond motifs is 2. The van der Waals surface area contributed by atoms with Gasteiger partial charge in [-0.15, -0.1) is 11.8 Å². The summed E-state index contributed by atoms with van der Waals surface area (Å²) in [4.78, 5) is 46.9. The predicted molar refractivity (Wildman–Crippen MR) is 134 cm³/mol. The predicted octanol–water partition coefficient (Wildman–Crippen LogP) is 2.31. The third-order valence-corrected chi connectivity index (χ3v) is 9.59. The van der Waals surface area contributed by atoms with Crippen molar-refractivity contribution in [1.82, 2.24) is 14.7 Å². The molecule has 0 aromatic heterocycles. The van der Waals surface area contributed by atoms with Gasteiger partial charge < -0.3 is 19.8 Å². The molecule has 7 nitrogen and oxygen atoms in total. The maximum Gasteiger partial charge on any atom is 0.247 e. The summed E-state index contributed by atoms with van der Waals surface area (Å²) in [6.45, 7) is 13.5. The Labute approximate surface area is 207 Å². The fraction of sp³-hybridized carbons (Fsp3) is 0.731. The zero-order chi connectivity index (χ0) is 25.3. The molecule has 2 saturated heterocycles. The average molecular weight is 490 g/mol. The smallest absolute Gasteiger partial charge is 0.247 e. The molecule has 0 aliphatic carbocycles. The fourth-order valence-electron chi connectivity index (χ4n) is 6.93. The van der Waals surface area contributed by atoms with Crippen LogP contribution in [0.15, 0.2) is 24.3 Å². The van der Waals surface area contributed by atoms with Gasteiger partial charge in [-0.2, -0.15) is 0 Å². The summed E-state index contributed by atoms with van der Waals surface area (Å²) in [5.41, 5.74) is -0.411. The van der Waals surface area contributed by atoms with Crippen molar-refractivity contribution in [3.05, 3.63) is 24.3 Å². The Morgan fingerprint density at radius 2 is 1.65 bits per heavy atom. The molecule has 4 heterocycles. The second kappa shape index (κ2) is 8.12. The van der Waals surface area contributed by atoms with Gasteiger partial charge in [0.05, 0.1) is 23.2 Å². The minimum absolute atomic E-state index is 0.0148. The van der Waals surface area contributed by atoms with Crippen LogP contribution in [0.25, 0.3) is 0 Å². The van der Waals surface area contributed by atoms with Crippen LogP contribution in [0.1, 0.15) is 48.0 Å². The summed E-state index contributed by atoms with van der Waals surface area (Å²) in [5.74, 6) is -1.57. The SMILES string of the molecule is CN1CC=C[C@@]2(C)S[C@]34C=CCN(C(C)(C)CC(C)(C)C)C(=O)C3N(CCO)C(=O)[C@@H]4[C@H]2C1=O. The molecule has 0 bridgehead atoms. The van der Waals surface area contributed by atoms with E-state index >= 15 is 0 Å². The summed E-state index contributed by atoms with van der Waals surface area (Å²) in [7, 11) is 1.77. The number of rotatable bonds is 4. The Morgan fingerprint density at radius 1 is 1.00 bits per heavy atom. The van der Waals surface area contributed by atoms with Gasteiger partial charge in [-0.05, 0) is 32.6 Å². The van der Waals surface area contributed by atoms with Crippen molar-refractivity contribution in [1.29, 1.82) is 0 Å². The summed E-state index contributed by atoms with van der Waals surface area (Å²) >= 11 is 1.58. The summed E-state index contributed by atoms with van der Waals surface area (Å²) in [5, 5.41) is 9.82. The molecule has 34 heavy (non-hydrogen) atoms. The van der Waals surface area contributed by atoms with Crippen LogP contribution in [0, 0.1) is 17.3 Å². The molecule has 188 valence electrons. The second-order valence-corrected chi connectivity index (χ2v) is 14.1. The van der Waals surface area contributed by atoms with Crippen LogP contribution in [-0.2, 0) is 14.4 Å². The summed E-state index contributed by atoms with van der Waals surface area (Å²) < 4.78 is -1.44. The molecule has 0 aromatic carbocycles. The molecule has 4 rings (SSSR count). The van der Waals surface area contributed by atoms with Crippen molar-refractivity contribution in [3.63, 3.8) is 0 Å². The van der Waals surface area contributed by atoms with E-state index in [-0.39, 0.29) is 36.3 Å². The number of hydrogen-bond acceptors (Lipinski definition) is 5. The highest BCUT2D eigenvalue weighted by molar-refractivity contribution is 8.02. The molecule has 0 aromatic rings. The zero-order valence-corrected chi connectivity index (χ0v) is 22.3. The first-order valence-corrected chi connectivity index (χ1v) is 13.0. The normalized spacial score (nSPS) is 35.9. The van der Waals surface area contributed by atoms with Gasteiger partial charge in [-0.1, -0.05) is 45.1 Å². The molecule has 1 N–H and O–H groups in total. The lowest BCUT2D eigenvalue weighted by Gasteiger charge is -2.44. The van der Waals surface area contributed by atoms with E-state index in [2.05, 4.69) is 40.7 Å². The van der Waals surface area contributed by atoms with Crippen molar-refractivity contribution in [3.8, 4) is 0 Å². The molecule has 1 unspecified atom stereocenters. The number of amides is 3. The number of β-amino-alcohol motifs (C(OH)–C–C–N with tert-alkyl or cyclic N) is 1. The number of hydrogen-bond donors (Lipinski definition) is 1. The van der Waals surface area contributed by atoms with E-state index in [1.165, 1.54) is 0 Å². The van der Waals surface area contributed by atoms with Crippen LogP contribution in [0.5, 0.6) is 0 Å². The van der Waals surface area contributed by atoms with Crippen molar-refractivity contribution in [2.75, 3.05) is 33.3 Å². The first-order chi connectivity index (χ1) is 15.7. The maximum atomic E-state index is 14.3. The Morgan fingerprint density at radius 3 is 2.26 bits per heavy atom. The van der Waals surface area contributed by atoms with E-state index < -0.39 is 32.9 Å². The highest BCUT2D eigenvalue weighted by Gasteiger charge is 2.74. The summed E-state index contributed by atoms with van der Waals surface area (Å²) in [6.07, 6.45) is 8.91. The third kappa shape index (κ3) is 3.72. The van der Waals surface area contributed by atoms with E-state index in [9.17, 15) is 19.5 Å². The van der Waals surface area contributed by atoms with Crippen molar-refractivity contribution in [2.45, 2.75) is 69.0 Å². The van der Waals surface area contributed by atoms with Gasteiger partial charge in [-0.25, -0.2) is 0 Å². The molecule has 8 heteroatoms. The number of likely N-dealkylation sites (tertiary alicyclic amines) is 1. The topological polar surface area (TPSA) is 81.2 Å². The minimum Gasteiger partial charge on any atom is -0.395 e. The molecule has 1 spiro atoms. The Bertz CT molecular complexity index is 954. The first-order valence-electron chi connectivity index (χ1n) is 12.2. The number of thioether (sulfide) groups is 1. The van der Waals surface area contributed by atoms with Crippen LogP contribution in [0.4, 0.5) is 0 Å². The second-order valence-electron chi connectivity index (χ2n) is 12.3. The molecule has 3 amide bonds. The number of aliphatic hydroxyl groups is 1. The van der Waals surface area contributed by atoms with E-state index in [4.69, 9.17) is 0 Å². The van der Waals surface area contributed by atoms with Crippen molar-refractivity contribution >= 4 is 29.5 Å². The number of carbonyl (C=O) groups excluding carboxylic acids is 3. The van der Waals surface area contributed by atoms with Gasteiger partial charge in [-0.3, -0.25) is 14.4 Å². The van der Waals surface area contributed by atoms with Gasteiger partial charge in [0.15, 0.2) is 0 Å². The van der Waals surface area contributed by atoms with E-state index in [0.717, 1.165) is 6.42 Å². The quantitative estimate of drug-likeness (QED) is 0.613. The average Bonchev–Trinajstić information content (AvgIpc) is 2.95. The van der Waals surface area contributed by atoms with E-state index in [1.807, 2.05) is 30.1 Å². The summed E-state index contributed by atoms with van der Waals surface area (Å²) in [6, 6.07) is -0.754. The molecule has 5 atom stereocenters. The Hall–Kier alpha value is -1.80. The monoisotopic (exact) mass is 489 g/mol. The highest BCUT2D eigenvalue weighted by atomic mass is 32.2. The lowest BCUT2D eigenvalue weighted by atomic mass is 9.74. The van der Waals surface area contributed by atoms with Gasteiger partial charge in [0.2, 0.25) is 17.7 Å². The largest absolute Gasteiger partial charge is 0.395 e. The van der Waals surface area contributed by atoms with Crippen molar-refractivity contribution < 1.29 is 19.5 Å². The molecule has 0 saturated carbocycles. The molecule has 4 aliphatic rings. The standard InChI is InChI=1S/C26H39N3O4S/c1-23(2,3)16-24(4,5)29-13-9-11-26-18(21(32)28(14-15-30)19(26)22(29)33)17-20(31)27(7)12-8-10-25(17,6)34-26/h8-11,17-19,30H,12-16H2,1-7H3/t17-,18-,19?,25+,26-/m0/s1. The van der Waals surface area contributed by atoms with Gasteiger partial charge >= 0.3 is 0 Å². The number of carbonyl (C=O) groups is 3. The van der Waals surface area contributed by atoms with Gasteiger partial charge in [0.1, 0.15) is 6.04 Å². The molecule has 2 fully saturated rings. The number of aliphatic hydroxyl groups excluding tert-OH is 1. The number of nitrogens with zero attached hydrogens (tertiary/aromatic N) is 3. The lowest BCUT2D eigenvalue weighted by Crippen LogP contribution is -2.59. The first kappa shape index (κ1) is 25.3. The van der Waals surface area contributed by atoms with Crippen LogP contribution < -0.4 is 0 Å². The number of likely N-dealkylation sites (N-methyl/N-ethyl adjacent to an activating group) is 1. The lowest BCUT2D eigenvalue weighted by molar-refractivity contribution is -0.147. The highest BCUT2D eigenvalue weighted by Crippen LogP contribution is 2.65. The minimum atomic E-state index is -0.854. The van der Waals surface area contributed by atoms with E-state index in [1.54, 1.807) is 28.6 Å². The van der Waals surface area contributed by atoms with Crippen LogP contribution in [-0.4, -0.2) is 91.9 Å². The molecule has 4 aliphatic heterocycles. The Kier molecular flexibility index (Phi) is 6.04. The van der Waals surface area contributed by atoms with Gasteiger partial charge in [0.25, 0.3) is 0 Å². The molecular formula is C26H39N3O4S. The fourth-order valence-corrected chi connectivity index (χ4v) is 9.09. The zero-order valence-electron chi connectivity index (χ0n) is 21.5. The Balaban J connectivity index is 1.84. The maximum absolute atomic E-state index is 14.3. The molecular weight excluding hydrogens is 450 g/mol.